The van der Waals surface area contributed by atoms with E-state index in [0.29, 0.717) is 17.2 Å². The van der Waals surface area contributed by atoms with E-state index in [-0.39, 0.29) is 18.7 Å². The van der Waals surface area contributed by atoms with Gasteiger partial charge in [0, 0.05) is 18.1 Å². The quantitative estimate of drug-likeness (QED) is 0.794. The van der Waals surface area contributed by atoms with Crippen molar-refractivity contribution in [2.24, 2.45) is 5.73 Å². The monoisotopic (exact) mass is 239 g/mol. The Morgan fingerprint density at radius 1 is 1.06 bits per heavy atom. The summed E-state index contributed by atoms with van der Waals surface area (Å²) < 4.78 is 15.5. The van der Waals surface area contributed by atoms with Gasteiger partial charge in [-0.25, -0.2) is 0 Å². The summed E-state index contributed by atoms with van der Waals surface area (Å²) in [5.41, 5.74) is 6.03. The van der Waals surface area contributed by atoms with Crippen molar-refractivity contribution >= 4 is 5.78 Å². The Morgan fingerprint density at radius 3 is 2.06 bits per heavy atom. The second-order valence-electron chi connectivity index (χ2n) is 3.44. The number of ether oxygens (including phenoxy) is 3. The zero-order valence-corrected chi connectivity index (χ0v) is 10.3. The van der Waals surface area contributed by atoms with Gasteiger partial charge in [0.2, 0.25) is 0 Å². The van der Waals surface area contributed by atoms with Crippen LogP contribution in [0.2, 0.25) is 0 Å². The van der Waals surface area contributed by atoms with Gasteiger partial charge in [0.15, 0.2) is 17.3 Å². The van der Waals surface area contributed by atoms with Crippen molar-refractivity contribution in [3.63, 3.8) is 0 Å². The maximum Gasteiger partial charge on any atom is 0.164 e. The van der Waals surface area contributed by atoms with Crippen LogP contribution in [0.15, 0.2) is 12.1 Å². The van der Waals surface area contributed by atoms with Gasteiger partial charge in [-0.1, -0.05) is 0 Å². The van der Waals surface area contributed by atoms with Gasteiger partial charge >= 0.3 is 0 Å². The second-order valence-corrected chi connectivity index (χ2v) is 3.44. The summed E-state index contributed by atoms with van der Waals surface area (Å²) in [4.78, 5) is 11.4. The summed E-state index contributed by atoms with van der Waals surface area (Å²) >= 11 is 0. The molecule has 0 saturated heterocycles. The minimum Gasteiger partial charge on any atom is -0.496 e. The number of benzene rings is 1. The highest BCUT2D eigenvalue weighted by Gasteiger charge is 2.13. The third-order valence-corrected chi connectivity index (χ3v) is 2.40. The molecule has 0 aliphatic rings. The highest BCUT2D eigenvalue weighted by molar-refractivity contribution is 5.83. The number of rotatable bonds is 6. The number of hydrogen-bond acceptors (Lipinski definition) is 5. The summed E-state index contributed by atoms with van der Waals surface area (Å²) in [5, 5.41) is 0. The molecule has 5 heteroatoms. The Balaban J connectivity index is 3.14. The Hall–Kier alpha value is -1.75. The van der Waals surface area contributed by atoms with Crippen molar-refractivity contribution in [3.05, 3.63) is 17.7 Å². The van der Waals surface area contributed by atoms with Crippen LogP contribution in [0.4, 0.5) is 0 Å². The van der Waals surface area contributed by atoms with Crippen LogP contribution in [-0.2, 0) is 11.2 Å². The van der Waals surface area contributed by atoms with E-state index in [1.807, 2.05) is 0 Å². The Morgan fingerprint density at radius 2 is 1.59 bits per heavy atom. The highest BCUT2D eigenvalue weighted by Crippen LogP contribution is 2.34. The van der Waals surface area contributed by atoms with E-state index in [1.165, 1.54) is 7.11 Å². The SMILES string of the molecule is COc1cc(OC)c(OC)cc1CC(=O)CN. The minimum atomic E-state index is -0.0597. The van der Waals surface area contributed by atoms with Crippen LogP contribution in [0, 0.1) is 0 Å². The molecule has 0 fully saturated rings. The van der Waals surface area contributed by atoms with Crippen molar-refractivity contribution in [2.45, 2.75) is 6.42 Å². The summed E-state index contributed by atoms with van der Waals surface area (Å²) in [6, 6.07) is 3.42. The van der Waals surface area contributed by atoms with Crippen LogP contribution < -0.4 is 19.9 Å². The van der Waals surface area contributed by atoms with Crippen LogP contribution in [0.3, 0.4) is 0 Å². The Bertz CT molecular complexity index is 404. The average molecular weight is 239 g/mol. The maximum atomic E-state index is 11.4. The van der Waals surface area contributed by atoms with E-state index in [1.54, 1.807) is 26.4 Å². The molecule has 0 atom stereocenters. The molecule has 1 aromatic carbocycles. The lowest BCUT2D eigenvalue weighted by Crippen LogP contribution is -2.16. The van der Waals surface area contributed by atoms with Crippen molar-refractivity contribution in [1.29, 1.82) is 0 Å². The van der Waals surface area contributed by atoms with Crippen LogP contribution in [0.25, 0.3) is 0 Å². The van der Waals surface area contributed by atoms with Gasteiger partial charge in [0.25, 0.3) is 0 Å². The normalized spacial score (nSPS) is 9.88. The maximum absolute atomic E-state index is 11.4. The summed E-state index contributed by atoms with van der Waals surface area (Å²) in [5.74, 6) is 1.65. The van der Waals surface area contributed by atoms with Gasteiger partial charge in [-0.05, 0) is 6.07 Å². The molecule has 0 bridgehead atoms. The lowest BCUT2D eigenvalue weighted by molar-refractivity contribution is -0.117. The molecule has 2 N–H and O–H groups in total. The molecule has 0 aliphatic carbocycles. The predicted molar refractivity (Wildman–Crippen MR) is 63.9 cm³/mol. The third kappa shape index (κ3) is 3.10. The number of carbonyl (C=O) groups excluding carboxylic acids is 1. The number of Topliss-reactive ketones (excluding diaryl/α,β-unsaturated/α-hetero) is 1. The number of hydrogen-bond donors (Lipinski definition) is 1. The fraction of sp³-hybridized carbons (Fsp3) is 0.417. The predicted octanol–water partition coefficient (Wildman–Crippen LogP) is 0.783. The molecule has 0 radical (unpaired) electrons. The van der Waals surface area contributed by atoms with Crippen molar-refractivity contribution in [1.82, 2.24) is 0 Å². The molecule has 0 aromatic heterocycles. The topological polar surface area (TPSA) is 70.8 Å². The van der Waals surface area contributed by atoms with Crippen molar-refractivity contribution in [3.8, 4) is 17.2 Å². The minimum absolute atomic E-state index is 0.0114. The zero-order valence-electron chi connectivity index (χ0n) is 10.3. The first-order valence-electron chi connectivity index (χ1n) is 5.16. The van der Waals surface area contributed by atoms with E-state index >= 15 is 0 Å². The number of nitrogens with two attached hydrogens (primary N) is 1. The molecule has 0 amide bonds. The summed E-state index contributed by atoms with van der Waals surface area (Å²) in [6.45, 7) is 0.0114. The zero-order chi connectivity index (χ0) is 12.8. The molecule has 0 saturated carbocycles. The van der Waals surface area contributed by atoms with Gasteiger partial charge in [0.1, 0.15) is 5.75 Å². The Labute approximate surface area is 100 Å². The van der Waals surface area contributed by atoms with Gasteiger partial charge in [0.05, 0.1) is 27.9 Å². The van der Waals surface area contributed by atoms with E-state index in [9.17, 15) is 4.79 Å². The lowest BCUT2D eigenvalue weighted by atomic mass is 10.1. The van der Waals surface area contributed by atoms with Crippen LogP contribution in [0.5, 0.6) is 17.2 Å². The van der Waals surface area contributed by atoms with Gasteiger partial charge < -0.3 is 19.9 Å². The molecular formula is C12H17NO4. The fourth-order valence-corrected chi connectivity index (χ4v) is 1.52. The van der Waals surface area contributed by atoms with E-state index in [2.05, 4.69) is 0 Å². The highest BCUT2D eigenvalue weighted by atomic mass is 16.5. The number of ketones is 1. The van der Waals surface area contributed by atoms with Crippen LogP contribution in [0.1, 0.15) is 5.56 Å². The molecule has 1 aromatic rings. The van der Waals surface area contributed by atoms with Gasteiger partial charge in [-0.15, -0.1) is 0 Å². The van der Waals surface area contributed by atoms with Crippen molar-refractivity contribution < 1.29 is 19.0 Å². The first-order valence-corrected chi connectivity index (χ1v) is 5.16. The number of methoxy groups -OCH3 is 3. The fourth-order valence-electron chi connectivity index (χ4n) is 1.52. The smallest absolute Gasteiger partial charge is 0.164 e. The van der Waals surface area contributed by atoms with E-state index in [0.717, 1.165) is 5.56 Å². The average Bonchev–Trinajstić information content (AvgIpc) is 2.37. The molecule has 1 rings (SSSR count). The molecule has 0 aliphatic heterocycles. The van der Waals surface area contributed by atoms with Crippen LogP contribution in [-0.4, -0.2) is 33.7 Å². The largest absolute Gasteiger partial charge is 0.496 e. The van der Waals surface area contributed by atoms with Gasteiger partial charge in [-0.3, -0.25) is 4.79 Å². The van der Waals surface area contributed by atoms with E-state index in [4.69, 9.17) is 19.9 Å². The summed E-state index contributed by atoms with van der Waals surface area (Å²) in [7, 11) is 4.62. The Kier molecular flexibility index (Phi) is 4.78. The molecule has 0 heterocycles. The molecule has 0 spiro atoms. The standard InChI is InChI=1S/C12H17NO4/c1-15-10-6-12(17-3)11(16-2)5-8(10)4-9(14)7-13/h5-6H,4,7,13H2,1-3H3. The number of carbonyl (C=O) groups is 1. The molecule has 5 nitrogen and oxygen atoms in total. The first kappa shape index (κ1) is 13.3. The van der Waals surface area contributed by atoms with Crippen molar-refractivity contribution in [2.75, 3.05) is 27.9 Å². The third-order valence-electron chi connectivity index (χ3n) is 2.40. The van der Waals surface area contributed by atoms with Gasteiger partial charge in [-0.2, -0.15) is 0 Å². The molecule has 0 unspecified atom stereocenters. The molecule has 94 valence electrons. The first-order chi connectivity index (χ1) is 8.15. The van der Waals surface area contributed by atoms with Crippen LogP contribution >= 0.6 is 0 Å². The second kappa shape index (κ2) is 6.10. The van der Waals surface area contributed by atoms with E-state index < -0.39 is 0 Å². The summed E-state index contributed by atoms with van der Waals surface area (Å²) in [6.07, 6.45) is 0.222. The lowest BCUT2D eigenvalue weighted by Gasteiger charge is -2.13. The molecular weight excluding hydrogens is 222 g/mol. The molecule has 17 heavy (non-hydrogen) atoms.